The molecule has 0 aromatic carbocycles. The molecule has 0 fully saturated rings. The van der Waals surface area contributed by atoms with E-state index in [0.29, 0.717) is 13.0 Å². The number of hydrogen-bond acceptors (Lipinski definition) is 4. The highest BCUT2D eigenvalue weighted by Crippen LogP contribution is 2.14. The van der Waals surface area contributed by atoms with Crippen LogP contribution in [0.15, 0.2) is 12.2 Å². The topological polar surface area (TPSA) is 81.4 Å². The molecule has 0 aromatic rings. The van der Waals surface area contributed by atoms with Gasteiger partial charge in [0.25, 0.3) is 0 Å². The fourth-order valence-corrected chi connectivity index (χ4v) is 2.29. The third-order valence-electron chi connectivity index (χ3n) is 3.70. The van der Waals surface area contributed by atoms with Crippen LogP contribution in [-0.2, 0) is 9.53 Å². The largest absolute Gasteiger partial charge is 0.442 e. The quantitative estimate of drug-likeness (QED) is 0.559. The fraction of sp³-hybridized carbons (Fsp3) is 0.750. The summed E-state index contributed by atoms with van der Waals surface area (Å²) in [5, 5.41) is 2.75. The van der Waals surface area contributed by atoms with Crippen LogP contribution in [0.5, 0.6) is 0 Å². The predicted molar refractivity (Wildman–Crippen MR) is 83.0 cm³/mol. The Morgan fingerprint density at radius 2 is 2.14 bits per heavy atom. The molecule has 0 radical (unpaired) electrons. The van der Waals surface area contributed by atoms with E-state index in [1.807, 2.05) is 6.08 Å². The van der Waals surface area contributed by atoms with Crippen molar-refractivity contribution in [3.05, 3.63) is 12.2 Å². The third kappa shape index (κ3) is 8.50. The maximum Gasteiger partial charge on any atom is 0.407 e. The van der Waals surface area contributed by atoms with E-state index in [9.17, 15) is 9.59 Å². The van der Waals surface area contributed by atoms with Crippen LogP contribution in [0.3, 0.4) is 0 Å². The summed E-state index contributed by atoms with van der Waals surface area (Å²) in [6, 6.07) is -0.378. The second-order valence-corrected chi connectivity index (χ2v) is 5.65. The van der Waals surface area contributed by atoms with Gasteiger partial charge in [-0.05, 0) is 57.9 Å². The first-order chi connectivity index (χ1) is 10.1. The van der Waals surface area contributed by atoms with E-state index in [-0.39, 0.29) is 24.0 Å². The zero-order chi connectivity index (χ0) is 15.5. The molecule has 21 heavy (non-hydrogen) atoms. The molecule has 1 rings (SSSR count). The summed E-state index contributed by atoms with van der Waals surface area (Å²) in [5.41, 5.74) is 5.64. The molecule has 120 valence electrons. The molecule has 2 unspecified atom stereocenters. The Hall–Kier alpha value is -1.36. The number of unbranched alkanes of at least 4 members (excludes halogenated alkanes) is 1. The molecule has 1 aliphatic carbocycles. The zero-order valence-electron chi connectivity index (χ0n) is 13.0. The van der Waals surface area contributed by atoms with Gasteiger partial charge in [0.15, 0.2) is 0 Å². The second kappa shape index (κ2) is 10.4. The molecule has 0 heterocycles. The maximum atomic E-state index is 11.7. The number of allylic oxidation sites excluding steroid dienone is 1. The molecule has 0 bridgehead atoms. The van der Waals surface area contributed by atoms with Crippen molar-refractivity contribution in [2.75, 3.05) is 6.54 Å². The molecule has 0 aliphatic heterocycles. The number of ether oxygens (including phenoxy) is 1. The van der Waals surface area contributed by atoms with Gasteiger partial charge in [-0.2, -0.15) is 0 Å². The molecular weight excluding hydrogens is 268 g/mol. The van der Waals surface area contributed by atoms with E-state index in [0.717, 1.165) is 32.1 Å². The van der Waals surface area contributed by atoms with Crippen molar-refractivity contribution in [2.45, 2.75) is 70.4 Å². The lowest BCUT2D eigenvalue weighted by Gasteiger charge is -2.16. The van der Waals surface area contributed by atoms with E-state index in [1.54, 1.807) is 0 Å². The molecule has 3 N–H and O–H groups in total. The summed E-state index contributed by atoms with van der Waals surface area (Å²) in [5.74, 6) is 0.0124. The van der Waals surface area contributed by atoms with E-state index in [1.165, 1.54) is 19.8 Å². The minimum atomic E-state index is -0.378. The van der Waals surface area contributed by atoms with Crippen LogP contribution in [0.1, 0.15) is 58.3 Å². The van der Waals surface area contributed by atoms with Crippen molar-refractivity contribution in [1.29, 1.82) is 0 Å². The lowest BCUT2D eigenvalue weighted by molar-refractivity contribution is -0.118. The van der Waals surface area contributed by atoms with Crippen LogP contribution in [0.2, 0.25) is 0 Å². The van der Waals surface area contributed by atoms with Gasteiger partial charge in [-0.3, -0.25) is 4.79 Å². The Morgan fingerprint density at radius 1 is 1.33 bits per heavy atom. The first-order valence-electron chi connectivity index (χ1n) is 7.97. The number of hydrogen-bond donors (Lipinski definition) is 2. The van der Waals surface area contributed by atoms with Crippen LogP contribution in [0, 0.1) is 0 Å². The molecule has 2 atom stereocenters. The van der Waals surface area contributed by atoms with Crippen LogP contribution in [-0.4, -0.2) is 30.6 Å². The average molecular weight is 296 g/mol. The summed E-state index contributed by atoms with van der Waals surface area (Å²) in [7, 11) is 0. The second-order valence-electron chi connectivity index (χ2n) is 5.65. The fourth-order valence-electron chi connectivity index (χ4n) is 2.29. The van der Waals surface area contributed by atoms with Crippen LogP contribution in [0.4, 0.5) is 4.79 Å². The molecule has 0 saturated carbocycles. The average Bonchev–Trinajstić information content (AvgIpc) is 2.41. The van der Waals surface area contributed by atoms with Crippen molar-refractivity contribution in [3.8, 4) is 0 Å². The number of alkyl carbamates (subject to hydrolysis) is 1. The van der Waals surface area contributed by atoms with Crippen LogP contribution in [0.25, 0.3) is 0 Å². The number of nitrogens with two attached hydrogens (primary N) is 1. The minimum Gasteiger partial charge on any atom is -0.442 e. The highest BCUT2D eigenvalue weighted by atomic mass is 16.6. The van der Waals surface area contributed by atoms with Crippen molar-refractivity contribution >= 4 is 11.9 Å². The Balaban J connectivity index is 2.10. The number of nitrogens with one attached hydrogen (secondary N) is 1. The van der Waals surface area contributed by atoms with Gasteiger partial charge in [-0.1, -0.05) is 12.5 Å². The molecule has 1 aliphatic rings. The molecular formula is C16H28N2O3. The number of carbonyl (C=O) groups excluding carboxylic acids is 2. The highest BCUT2D eigenvalue weighted by Gasteiger charge is 2.12. The van der Waals surface area contributed by atoms with E-state index in [2.05, 4.69) is 11.4 Å². The monoisotopic (exact) mass is 296 g/mol. The standard InChI is InChI=1S/C16H28N2O3/c1-13(19)15(17)11-7-8-12-18-16(20)21-14-9-5-3-2-4-6-10-14/h5,9,14-15H,2-4,6-8,10-12,17H2,1H3,(H,18,20)/b9-5+. The van der Waals surface area contributed by atoms with E-state index >= 15 is 0 Å². The zero-order valence-corrected chi connectivity index (χ0v) is 13.0. The van der Waals surface area contributed by atoms with Crippen molar-refractivity contribution in [1.82, 2.24) is 5.32 Å². The van der Waals surface area contributed by atoms with Gasteiger partial charge in [0.1, 0.15) is 11.9 Å². The van der Waals surface area contributed by atoms with Gasteiger partial charge in [-0.25, -0.2) is 4.79 Å². The van der Waals surface area contributed by atoms with Crippen molar-refractivity contribution in [2.24, 2.45) is 5.73 Å². The Labute approximate surface area is 127 Å². The summed E-state index contributed by atoms with van der Waals surface area (Å²) in [6.07, 6.45) is 11.4. The van der Waals surface area contributed by atoms with Crippen molar-refractivity contribution in [3.63, 3.8) is 0 Å². The van der Waals surface area contributed by atoms with Gasteiger partial charge in [0.2, 0.25) is 0 Å². The van der Waals surface area contributed by atoms with Gasteiger partial charge in [0, 0.05) is 6.54 Å². The number of amides is 1. The Bertz CT molecular complexity index is 355. The molecule has 0 aromatic heterocycles. The summed E-state index contributed by atoms with van der Waals surface area (Å²) in [4.78, 5) is 22.6. The number of carbonyl (C=O) groups is 2. The SMILES string of the molecule is CC(=O)C(N)CCCCNC(=O)OC1/C=C/CCCCC1. The van der Waals surface area contributed by atoms with E-state index < -0.39 is 0 Å². The third-order valence-corrected chi connectivity index (χ3v) is 3.70. The summed E-state index contributed by atoms with van der Waals surface area (Å²) < 4.78 is 5.38. The molecule has 0 saturated heterocycles. The number of Topliss-reactive ketones (excluding diaryl/α,β-unsaturated/α-hetero) is 1. The maximum absolute atomic E-state index is 11.7. The minimum absolute atomic E-state index is 0.0124. The lowest BCUT2D eigenvalue weighted by atomic mass is 10.0. The first-order valence-corrected chi connectivity index (χ1v) is 7.97. The van der Waals surface area contributed by atoms with Gasteiger partial charge in [-0.15, -0.1) is 0 Å². The summed E-state index contributed by atoms with van der Waals surface area (Å²) >= 11 is 0. The Morgan fingerprint density at radius 3 is 2.90 bits per heavy atom. The number of ketones is 1. The van der Waals surface area contributed by atoms with Gasteiger partial charge < -0.3 is 15.8 Å². The first kappa shape index (κ1) is 17.7. The highest BCUT2D eigenvalue weighted by molar-refractivity contribution is 5.81. The molecule has 0 spiro atoms. The predicted octanol–water partition coefficient (Wildman–Crippen LogP) is 2.69. The molecule has 5 heteroatoms. The molecule has 5 nitrogen and oxygen atoms in total. The van der Waals surface area contributed by atoms with Crippen LogP contribution < -0.4 is 11.1 Å². The Kier molecular flexibility index (Phi) is 8.74. The van der Waals surface area contributed by atoms with Gasteiger partial charge in [0.05, 0.1) is 6.04 Å². The number of rotatable bonds is 7. The lowest BCUT2D eigenvalue weighted by Crippen LogP contribution is -2.30. The van der Waals surface area contributed by atoms with Crippen molar-refractivity contribution < 1.29 is 14.3 Å². The van der Waals surface area contributed by atoms with Crippen LogP contribution >= 0.6 is 0 Å². The molecule has 1 amide bonds. The van der Waals surface area contributed by atoms with Gasteiger partial charge >= 0.3 is 6.09 Å². The van der Waals surface area contributed by atoms with E-state index in [4.69, 9.17) is 10.5 Å². The smallest absolute Gasteiger partial charge is 0.407 e. The summed E-state index contributed by atoms with van der Waals surface area (Å²) in [6.45, 7) is 2.06. The normalized spacial score (nSPS) is 21.7.